The second-order valence-electron chi connectivity index (χ2n) is 8.43. The van der Waals surface area contributed by atoms with Gasteiger partial charge >= 0.3 is 0 Å². The minimum Gasteiger partial charge on any atom is -0.497 e. The minimum atomic E-state index is 0.0577. The third-order valence-electron chi connectivity index (χ3n) is 6.76. The lowest BCUT2D eigenvalue weighted by molar-refractivity contribution is -0.141. The Hall–Kier alpha value is -1.56. The van der Waals surface area contributed by atoms with Crippen molar-refractivity contribution >= 4 is 10.9 Å². The molecule has 0 bridgehead atoms. The van der Waals surface area contributed by atoms with Crippen LogP contribution in [0, 0.1) is 0 Å². The van der Waals surface area contributed by atoms with Crippen LogP contribution in [-0.2, 0) is 22.3 Å². The fraction of sp³-hybridized carbons (Fsp3) is 0.636. The van der Waals surface area contributed by atoms with Gasteiger partial charge in [-0.2, -0.15) is 0 Å². The predicted octanol–water partition coefficient (Wildman–Crippen LogP) is 3.35. The first-order chi connectivity index (χ1) is 13.2. The summed E-state index contributed by atoms with van der Waals surface area (Å²) in [6.07, 6.45) is 7.74. The first kappa shape index (κ1) is 17.5. The van der Waals surface area contributed by atoms with Crippen LogP contribution < -0.4 is 10.1 Å². The van der Waals surface area contributed by atoms with Gasteiger partial charge in [0.25, 0.3) is 0 Å². The van der Waals surface area contributed by atoms with Gasteiger partial charge in [0.2, 0.25) is 0 Å². The van der Waals surface area contributed by atoms with Gasteiger partial charge in [-0.05, 0) is 68.7 Å². The Bertz CT molecular complexity index is 804. The number of methoxy groups -OCH3 is 1. The van der Waals surface area contributed by atoms with Crippen LogP contribution in [-0.4, -0.2) is 49.6 Å². The molecule has 1 aliphatic carbocycles. The maximum Gasteiger partial charge on any atom is 0.119 e. The zero-order valence-corrected chi connectivity index (χ0v) is 16.2. The van der Waals surface area contributed by atoms with Gasteiger partial charge in [-0.3, -0.25) is 0 Å². The number of hydrogen-bond donors (Lipinski definition) is 2. The van der Waals surface area contributed by atoms with Crippen LogP contribution in [0.15, 0.2) is 18.2 Å². The van der Waals surface area contributed by atoms with Gasteiger partial charge in [0.05, 0.1) is 12.7 Å². The normalized spacial score (nSPS) is 27.6. The quantitative estimate of drug-likeness (QED) is 0.870. The van der Waals surface area contributed by atoms with Gasteiger partial charge < -0.3 is 24.5 Å². The molecule has 27 heavy (non-hydrogen) atoms. The monoisotopic (exact) mass is 370 g/mol. The van der Waals surface area contributed by atoms with Crippen molar-refractivity contribution in [2.75, 3.05) is 26.9 Å². The lowest BCUT2D eigenvalue weighted by atomic mass is 9.83. The van der Waals surface area contributed by atoms with Crippen molar-refractivity contribution < 1.29 is 14.2 Å². The van der Waals surface area contributed by atoms with Gasteiger partial charge in [0.15, 0.2) is 0 Å². The molecule has 2 atom stereocenters. The zero-order valence-electron chi connectivity index (χ0n) is 16.2. The van der Waals surface area contributed by atoms with Crippen molar-refractivity contribution in [3.8, 4) is 5.75 Å². The average Bonchev–Trinajstić information content (AvgIpc) is 3.06. The summed E-state index contributed by atoms with van der Waals surface area (Å²) in [6.45, 7) is 2.56. The second kappa shape index (κ2) is 7.12. The first-order valence-corrected chi connectivity index (χ1v) is 10.4. The molecule has 5 heteroatoms. The van der Waals surface area contributed by atoms with E-state index < -0.39 is 0 Å². The van der Waals surface area contributed by atoms with E-state index >= 15 is 0 Å². The van der Waals surface area contributed by atoms with E-state index in [1.165, 1.54) is 28.6 Å². The molecule has 1 aromatic heterocycles. The van der Waals surface area contributed by atoms with Crippen LogP contribution >= 0.6 is 0 Å². The summed E-state index contributed by atoms with van der Waals surface area (Å²) in [4.78, 5) is 3.62. The van der Waals surface area contributed by atoms with Crippen molar-refractivity contribution in [2.45, 2.75) is 62.6 Å². The molecule has 2 saturated heterocycles. The van der Waals surface area contributed by atoms with E-state index in [2.05, 4.69) is 22.4 Å². The molecule has 0 saturated carbocycles. The summed E-state index contributed by atoms with van der Waals surface area (Å²) in [5.41, 5.74) is 4.17. The van der Waals surface area contributed by atoms with E-state index in [4.69, 9.17) is 14.2 Å². The van der Waals surface area contributed by atoms with Crippen LogP contribution in [0.4, 0.5) is 0 Å². The molecule has 5 rings (SSSR count). The summed E-state index contributed by atoms with van der Waals surface area (Å²) < 4.78 is 17.2. The highest BCUT2D eigenvalue weighted by atomic mass is 16.5. The van der Waals surface area contributed by atoms with E-state index in [-0.39, 0.29) is 5.60 Å². The van der Waals surface area contributed by atoms with E-state index in [9.17, 15) is 0 Å². The van der Waals surface area contributed by atoms with Crippen molar-refractivity contribution in [1.82, 2.24) is 10.3 Å². The number of aromatic amines is 1. The second-order valence-corrected chi connectivity index (χ2v) is 8.43. The van der Waals surface area contributed by atoms with Gasteiger partial charge in [-0.25, -0.2) is 0 Å². The molecule has 1 aromatic carbocycles. The molecule has 2 aliphatic heterocycles. The van der Waals surface area contributed by atoms with Gasteiger partial charge in [0, 0.05) is 48.5 Å². The number of benzene rings is 1. The van der Waals surface area contributed by atoms with Gasteiger partial charge in [-0.1, -0.05) is 0 Å². The highest BCUT2D eigenvalue weighted by Gasteiger charge is 2.39. The highest BCUT2D eigenvalue weighted by molar-refractivity contribution is 5.86. The van der Waals surface area contributed by atoms with Crippen LogP contribution in [0.2, 0.25) is 0 Å². The van der Waals surface area contributed by atoms with Crippen molar-refractivity contribution in [1.29, 1.82) is 0 Å². The molecule has 3 heterocycles. The van der Waals surface area contributed by atoms with E-state index in [0.29, 0.717) is 12.1 Å². The summed E-state index contributed by atoms with van der Waals surface area (Å²) in [5.74, 6) is 0.935. The standard InChI is InChI=1S/C22H30N2O3/c1-25-17-3-5-21-19(13-17)18-12-15(2-4-20(18)24-21)23-16-6-9-27-22(14-16)7-10-26-11-8-22/h3,5,13,15-16,23-24H,2,4,6-12,14H2,1H3. The lowest BCUT2D eigenvalue weighted by Gasteiger charge is -2.44. The number of fused-ring (bicyclic) bond motifs is 3. The first-order valence-electron chi connectivity index (χ1n) is 10.4. The molecule has 2 aromatic rings. The SMILES string of the molecule is COc1ccc2[nH]c3c(c2c1)CC(NC1CCOC2(CCOCC2)C1)CC3. The predicted molar refractivity (Wildman–Crippen MR) is 106 cm³/mol. The third-order valence-corrected chi connectivity index (χ3v) is 6.76. The smallest absolute Gasteiger partial charge is 0.119 e. The van der Waals surface area contributed by atoms with Gasteiger partial charge in [0.1, 0.15) is 5.75 Å². The molecule has 2 unspecified atom stereocenters. The summed E-state index contributed by atoms with van der Waals surface area (Å²) in [6, 6.07) is 7.46. The highest BCUT2D eigenvalue weighted by Crippen LogP contribution is 2.36. The maximum atomic E-state index is 6.21. The van der Waals surface area contributed by atoms with Crippen LogP contribution in [0.1, 0.15) is 43.4 Å². The van der Waals surface area contributed by atoms with Crippen molar-refractivity contribution in [3.63, 3.8) is 0 Å². The molecule has 1 spiro atoms. The largest absolute Gasteiger partial charge is 0.497 e. The van der Waals surface area contributed by atoms with Crippen LogP contribution in [0.25, 0.3) is 10.9 Å². The molecule has 146 valence electrons. The van der Waals surface area contributed by atoms with Crippen molar-refractivity contribution in [2.24, 2.45) is 0 Å². The van der Waals surface area contributed by atoms with Crippen LogP contribution in [0.3, 0.4) is 0 Å². The number of ether oxygens (including phenoxy) is 3. The number of H-pyrrole nitrogens is 1. The lowest BCUT2D eigenvalue weighted by Crippen LogP contribution is -2.52. The molecule has 5 nitrogen and oxygen atoms in total. The van der Waals surface area contributed by atoms with Crippen LogP contribution in [0.5, 0.6) is 5.75 Å². The summed E-state index contributed by atoms with van der Waals surface area (Å²) in [5, 5.41) is 5.31. The summed E-state index contributed by atoms with van der Waals surface area (Å²) in [7, 11) is 1.74. The minimum absolute atomic E-state index is 0.0577. The molecule has 2 fully saturated rings. The molecule has 3 aliphatic rings. The number of aromatic nitrogens is 1. The average molecular weight is 370 g/mol. The molecule has 2 N–H and O–H groups in total. The fourth-order valence-electron chi connectivity index (χ4n) is 5.26. The third kappa shape index (κ3) is 3.37. The Kier molecular flexibility index (Phi) is 4.62. The summed E-state index contributed by atoms with van der Waals surface area (Å²) >= 11 is 0. The molecular weight excluding hydrogens is 340 g/mol. The Labute approximate surface area is 160 Å². The number of aryl methyl sites for hydroxylation is 1. The number of nitrogens with one attached hydrogen (secondary N) is 2. The topological polar surface area (TPSA) is 55.5 Å². The number of hydrogen-bond acceptors (Lipinski definition) is 4. The Morgan fingerprint density at radius 3 is 2.89 bits per heavy atom. The van der Waals surface area contributed by atoms with Gasteiger partial charge in [-0.15, -0.1) is 0 Å². The zero-order chi connectivity index (χ0) is 18.3. The number of rotatable bonds is 3. The maximum absolute atomic E-state index is 6.21. The van der Waals surface area contributed by atoms with E-state index in [0.717, 1.165) is 64.1 Å². The molecular formula is C22H30N2O3. The Balaban J connectivity index is 1.30. The van der Waals surface area contributed by atoms with E-state index in [1.807, 2.05) is 6.07 Å². The van der Waals surface area contributed by atoms with Crippen molar-refractivity contribution in [3.05, 3.63) is 29.5 Å². The molecule has 0 amide bonds. The van der Waals surface area contributed by atoms with E-state index in [1.54, 1.807) is 7.11 Å². The fourth-order valence-corrected chi connectivity index (χ4v) is 5.26. The Morgan fingerprint density at radius 1 is 1.15 bits per heavy atom. The molecule has 0 radical (unpaired) electrons. The Morgan fingerprint density at radius 2 is 2.04 bits per heavy atom.